The highest BCUT2D eigenvalue weighted by Gasteiger charge is 2.17. The summed E-state index contributed by atoms with van der Waals surface area (Å²) in [6.07, 6.45) is 3.97. The van der Waals surface area contributed by atoms with Gasteiger partial charge in [-0.1, -0.05) is 24.3 Å². The van der Waals surface area contributed by atoms with Crippen LogP contribution in [0.5, 0.6) is 0 Å². The maximum atomic E-state index is 13.9. The summed E-state index contributed by atoms with van der Waals surface area (Å²) in [5.41, 5.74) is 1.40. The largest absolute Gasteiger partial charge is 0.376 e. The first-order chi connectivity index (χ1) is 15.5. The molecule has 0 spiro atoms. The number of nitrogens with zero attached hydrogens (tertiary/aromatic N) is 2. The minimum absolute atomic E-state index is 0.0602. The van der Waals surface area contributed by atoms with Gasteiger partial charge in [0.25, 0.3) is 11.8 Å². The molecular weight excluding hydrogens is 429 g/mol. The van der Waals surface area contributed by atoms with Crippen LogP contribution in [-0.4, -0.2) is 35.6 Å². The number of thiazole rings is 1. The maximum absolute atomic E-state index is 13.9. The van der Waals surface area contributed by atoms with Crippen LogP contribution < -0.4 is 10.1 Å². The highest BCUT2D eigenvalue weighted by atomic mass is 32.1. The molecule has 1 aliphatic heterocycles. The van der Waals surface area contributed by atoms with E-state index in [1.807, 2.05) is 35.9 Å². The second-order valence-corrected chi connectivity index (χ2v) is 8.91. The van der Waals surface area contributed by atoms with Gasteiger partial charge in [0.15, 0.2) is 4.80 Å². The lowest BCUT2D eigenvalue weighted by atomic mass is 10.1. The monoisotopic (exact) mass is 453 g/mol. The van der Waals surface area contributed by atoms with Crippen LogP contribution in [0.2, 0.25) is 0 Å². The van der Waals surface area contributed by atoms with Crippen LogP contribution in [0.1, 0.15) is 44.0 Å². The zero-order valence-electron chi connectivity index (χ0n) is 17.7. The molecule has 2 aromatic carbocycles. The van der Waals surface area contributed by atoms with Crippen molar-refractivity contribution in [1.29, 1.82) is 0 Å². The molecule has 6 nitrogen and oxygen atoms in total. The van der Waals surface area contributed by atoms with Crippen molar-refractivity contribution in [1.82, 2.24) is 9.88 Å². The second kappa shape index (κ2) is 10.0. The van der Waals surface area contributed by atoms with E-state index in [2.05, 4.69) is 10.3 Å². The third kappa shape index (κ3) is 5.38. The van der Waals surface area contributed by atoms with E-state index in [-0.39, 0.29) is 17.6 Å². The van der Waals surface area contributed by atoms with Crippen molar-refractivity contribution in [2.75, 3.05) is 13.2 Å². The van der Waals surface area contributed by atoms with Crippen molar-refractivity contribution < 1.29 is 18.7 Å². The van der Waals surface area contributed by atoms with Gasteiger partial charge >= 0.3 is 0 Å². The van der Waals surface area contributed by atoms with Gasteiger partial charge in [-0.05, 0) is 49.6 Å². The molecule has 1 N–H and O–H groups in total. The highest BCUT2D eigenvalue weighted by molar-refractivity contribution is 7.09. The predicted octanol–water partition coefficient (Wildman–Crippen LogP) is 3.70. The Kier molecular flexibility index (Phi) is 6.92. The number of benzene rings is 2. The molecule has 1 atom stereocenters. The zero-order chi connectivity index (χ0) is 22.5. The molecule has 0 bridgehead atoms. The SMILES string of the molecule is Cc1cn(Cc2cccc(C(=O)NCC3CCCO3)c2)c(=NC(=O)c2ccccc2F)s1. The van der Waals surface area contributed by atoms with E-state index in [9.17, 15) is 14.0 Å². The third-order valence-corrected chi connectivity index (χ3v) is 6.13. The first kappa shape index (κ1) is 22.1. The summed E-state index contributed by atoms with van der Waals surface area (Å²) in [5, 5.41) is 2.93. The number of halogens is 1. The molecule has 1 aromatic heterocycles. The molecule has 1 aliphatic rings. The molecule has 0 radical (unpaired) electrons. The van der Waals surface area contributed by atoms with Gasteiger partial charge in [-0.3, -0.25) is 9.59 Å². The van der Waals surface area contributed by atoms with Crippen LogP contribution in [-0.2, 0) is 11.3 Å². The van der Waals surface area contributed by atoms with Crippen molar-refractivity contribution >= 4 is 23.2 Å². The first-order valence-electron chi connectivity index (χ1n) is 10.5. The van der Waals surface area contributed by atoms with Crippen LogP contribution in [0, 0.1) is 12.7 Å². The summed E-state index contributed by atoms with van der Waals surface area (Å²) in [4.78, 5) is 30.6. The quantitative estimate of drug-likeness (QED) is 0.619. The van der Waals surface area contributed by atoms with Crippen LogP contribution in [0.3, 0.4) is 0 Å². The van der Waals surface area contributed by atoms with Crippen molar-refractivity contribution in [2.24, 2.45) is 4.99 Å². The fourth-order valence-electron chi connectivity index (χ4n) is 3.61. The first-order valence-corrected chi connectivity index (χ1v) is 11.3. The van der Waals surface area contributed by atoms with Gasteiger partial charge in [0.2, 0.25) is 0 Å². The molecule has 1 saturated heterocycles. The molecule has 2 amide bonds. The zero-order valence-corrected chi connectivity index (χ0v) is 18.5. The fourth-order valence-corrected chi connectivity index (χ4v) is 4.44. The van der Waals surface area contributed by atoms with E-state index in [1.165, 1.54) is 29.5 Å². The van der Waals surface area contributed by atoms with E-state index in [0.29, 0.717) is 23.5 Å². The number of hydrogen-bond acceptors (Lipinski definition) is 4. The fraction of sp³-hybridized carbons (Fsp3) is 0.292. The lowest BCUT2D eigenvalue weighted by molar-refractivity contribution is 0.0857. The van der Waals surface area contributed by atoms with Crippen LogP contribution in [0.15, 0.2) is 59.7 Å². The maximum Gasteiger partial charge on any atom is 0.282 e. The Labute approximate surface area is 189 Å². The van der Waals surface area contributed by atoms with Gasteiger partial charge in [-0.15, -0.1) is 11.3 Å². The second-order valence-electron chi connectivity index (χ2n) is 7.69. The number of aryl methyl sites for hydroxylation is 1. The van der Waals surface area contributed by atoms with E-state index in [1.54, 1.807) is 12.1 Å². The normalized spacial score (nSPS) is 16.3. The third-order valence-electron chi connectivity index (χ3n) is 5.19. The lowest BCUT2D eigenvalue weighted by Crippen LogP contribution is -2.31. The summed E-state index contributed by atoms with van der Waals surface area (Å²) in [6, 6.07) is 13.1. The van der Waals surface area contributed by atoms with Gasteiger partial charge in [-0.25, -0.2) is 4.39 Å². The van der Waals surface area contributed by atoms with E-state index >= 15 is 0 Å². The number of ether oxygens (including phenoxy) is 1. The number of rotatable bonds is 6. The Hall–Kier alpha value is -3.10. The Morgan fingerprint density at radius 2 is 2.09 bits per heavy atom. The van der Waals surface area contributed by atoms with E-state index in [4.69, 9.17) is 4.74 Å². The molecule has 32 heavy (non-hydrogen) atoms. The Morgan fingerprint density at radius 3 is 2.88 bits per heavy atom. The van der Waals surface area contributed by atoms with E-state index < -0.39 is 11.7 Å². The molecule has 2 heterocycles. The van der Waals surface area contributed by atoms with Crippen molar-refractivity contribution in [3.05, 3.63) is 86.9 Å². The average Bonchev–Trinajstić information content (AvgIpc) is 3.42. The summed E-state index contributed by atoms with van der Waals surface area (Å²) in [7, 11) is 0. The smallest absolute Gasteiger partial charge is 0.282 e. The standard InChI is InChI=1S/C24H24FN3O3S/c1-16-14-28(24(32-16)27-23(30)20-9-2-3-10-21(20)25)15-17-6-4-7-18(12-17)22(29)26-13-19-8-5-11-31-19/h2-4,6-7,9-10,12,14,19H,5,8,11,13,15H2,1H3,(H,26,29). The summed E-state index contributed by atoms with van der Waals surface area (Å²) >= 11 is 1.36. The average molecular weight is 454 g/mol. The number of nitrogens with one attached hydrogen (secondary N) is 1. The van der Waals surface area contributed by atoms with Gasteiger partial charge in [0.1, 0.15) is 5.82 Å². The molecule has 3 aromatic rings. The van der Waals surface area contributed by atoms with Gasteiger partial charge in [-0.2, -0.15) is 4.99 Å². The van der Waals surface area contributed by atoms with E-state index in [0.717, 1.165) is 29.9 Å². The van der Waals surface area contributed by atoms with Crippen LogP contribution in [0.25, 0.3) is 0 Å². The minimum atomic E-state index is -0.624. The van der Waals surface area contributed by atoms with Gasteiger partial charge in [0.05, 0.1) is 11.7 Å². The molecule has 0 saturated carbocycles. The summed E-state index contributed by atoms with van der Waals surface area (Å²) in [6.45, 7) is 3.60. The number of hydrogen-bond donors (Lipinski definition) is 1. The van der Waals surface area contributed by atoms with Gasteiger partial charge < -0.3 is 14.6 Å². The van der Waals surface area contributed by atoms with Crippen molar-refractivity contribution in [2.45, 2.75) is 32.4 Å². The number of carbonyl (C=O) groups is 2. The summed E-state index contributed by atoms with van der Waals surface area (Å²) in [5.74, 6) is -1.36. The van der Waals surface area contributed by atoms with Crippen LogP contribution >= 0.6 is 11.3 Å². The predicted molar refractivity (Wildman–Crippen MR) is 120 cm³/mol. The number of carbonyl (C=O) groups excluding carboxylic acids is 2. The number of amides is 2. The molecule has 166 valence electrons. The van der Waals surface area contributed by atoms with Gasteiger partial charge in [0, 0.05) is 36.3 Å². The minimum Gasteiger partial charge on any atom is -0.376 e. The Morgan fingerprint density at radius 1 is 1.25 bits per heavy atom. The van der Waals surface area contributed by atoms with Crippen molar-refractivity contribution in [3.63, 3.8) is 0 Å². The van der Waals surface area contributed by atoms with Crippen LogP contribution in [0.4, 0.5) is 4.39 Å². The van der Waals surface area contributed by atoms with Crippen molar-refractivity contribution in [3.8, 4) is 0 Å². The Bertz CT molecular complexity index is 1190. The Balaban J connectivity index is 1.51. The molecule has 0 aliphatic carbocycles. The lowest BCUT2D eigenvalue weighted by Gasteiger charge is -2.11. The molecule has 4 rings (SSSR count). The molecule has 8 heteroatoms. The molecule has 1 unspecified atom stereocenters. The molecule has 1 fully saturated rings. The number of aromatic nitrogens is 1. The highest BCUT2D eigenvalue weighted by Crippen LogP contribution is 2.13. The summed E-state index contributed by atoms with van der Waals surface area (Å²) < 4.78 is 21.3. The topological polar surface area (TPSA) is 72.7 Å². The molecular formula is C24H24FN3O3S.